The number of anilines is 1. The summed E-state index contributed by atoms with van der Waals surface area (Å²) in [4.78, 5) is 25.4. The molecule has 1 aliphatic carbocycles. The van der Waals surface area contributed by atoms with Gasteiger partial charge in [-0.3, -0.25) is 4.79 Å². The maximum atomic E-state index is 14.4. The third-order valence-electron chi connectivity index (χ3n) is 7.46. The van der Waals surface area contributed by atoms with E-state index in [4.69, 9.17) is 4.74 Å². The molecule has 1 saturated carbocycles. The van der Waals surface area contributed by atoms with Crippen LogP contribution in [0.15, 0.2) is 36.7 Å². The molecule has 0 bridgehead atoms. The number of imidazole rings is 1. The van der Waals surface area contributed by atoms with E-state index >= 15 is 0 Å². The highest BCUT2D eigenvalue weighted by molar-refractivity contribution is 7.20. The van der Waals surface area contributed by atoms with Crippen LogP contribution in [0.25, 0.3) is 15.9 Å². The molecule has 2 fully saturated rings. The Labute approximate surface area is 206 Å². The molecule has 0 radical (unpaired) electrons. The first-order chi connectivity index (χ1) is 16.9. The first kappa shape index (κ1) is 22.4. The second-order valence-electron chi connectivity index (χ2n) is 10.1. The van der Waals surface area contributed by atoms with Crippen LogP contribution in [0.1, 0.15) is 47.5 Å². The molecule has 1 spiro atoms. The van der Waals surface area contributed by atoms with Crippen LogP contribution in [0, 0.1) is 18.2 Å². The number of halogens is 1. The highest BCUT2D eigenvalue weighted by Crippen LogP contribution is 2.47. The number of likely N-dealkylation sites (tertiary alicyclic amines) is 1. The molecule has 1 atom stereocenters. The fraction of sp³-hybridized carbons (Fsp3) is 0.423. The number of aromatic nitrogens is 3. The van der Waals surface area contributed by atoms with E-state index in [1.165, 1.54) is 49.8 Å². The molecule has 4 aromatic heterocycles. The van der Waals surface area contributed by atoms with Crippen molar-refractivity contribution in [1.29, 1.82) is 0 Å². The summed E-state index contributed by atoms with van der Waals surface area (Å²) in [6.45, 7) is 4.13. The third-order valence-corrected chi connectivity index (χ3v) is 8.50. The average Bonchev–Trinajstić information content (AvgIpc) is 3.53. The topological polar surface area (TPSA) is 71.8 Å². The maximum Gasteiger partial charge on any atom is 0.265 e. The summed E-state index contributed by atoms with van der Waals surface area (Å²) in [5.74, 6) is -0.167. The molecule has 6 rings (SSSR count). The third kappa shape index (κ3) is 4.38. The number of hydrogen-bond acceptors (Lipinski definition) is 6. The highest BCUT2D eigenvalue weighted by atomic mass is 32.1. The summed E-state index contributed by atoms with van der Waals surface area (Å²) >= 11 is 1.31. The fourth-order valence-corrected chi connectivity index (χ4v) is 6.41. The van der Waals surface area contributed by atoms with Crippen LogP contribution in [-0.2, 0) is 0 Å². The highest BCUT2D eigenvalue weighted by Gasteiger charge is 2.41. The molecule has 5 heterocycles. The van der Waals surface area contributed by atoms with Gasteiger partial charge < -0.3 is 19.4 Å². The second kappa shape index (κ2) is 8.57. The summed E-state index contributed by atoms with van der Waals surface area (Å²) in [6.07, 6.45) is 9.46. The minimum Gasteiger partial charge on any atom is -0.474 e. The number of nitrogens with one attached hydrogen (secondary N) is 1. The van der Waals surface area contributed by atoms with E-state index in [-0.39, 0.29) is 17.7 Å². The van der Waals surface area contributed by atoms with Crippen molar-refractivity contribution in [3.63, 3.8) is 0 Å². The molecule has 1 unspecified atom stereocenters. The van der Waals surface area contributed by atoms with E-state index in [1.54, 1.807) is 23.7 Å². The number of ether oxygens (including phenoxy) is 1. The number of aryl methyl sites for hydroxylation is 1. The van der Waals surface area contributed by atoms with Crippen molar-refractivity contribution in [2.45, 2.75) is 45.1 Å². The van der Waals surface area contributed by atoms with Gasteiger partial charge in [0.1, 0.15) is 10.9 Å². The minimum absolute atomic E-state index is 0.197. The van der Waals surface area contributed by atoms with Gasteiger partial charge in [0.05, 0.1) is 16.3 Å². The Bertz CT molecular complexity index is 1420. The number of fused-ring (bicyclic) bond motifs is 2. The van der Waals surface area contributed by atoms with Gasteiger partial charge in [-0.2, -0.15) is 0 Å². The van der Waals surface area contributed by atoms with Gasteiger partial charge in [-0.15, -0.1) is 11.3 Å². The molecule has 9 heteroatoms. The molecule has 35 heavy (non-hydrogen) atoms. The van der Waals surface area contributed by atoms with Crippen LogP contribution >= 0.6 is 11.3 Å². The van der Waals surface area contributed by atoms with Gasteiger partial charge in [0.25, 0.3) is 5.91 Å². The number of thiophene rings is 1. The van der Waals surface area contributed by atoms with E-state index in [2.05, 4.69) is 27.2 Å². The summed E-state index contributed by atoms with van der Waals surface area (Å²) in [7, 11) is 2.20. The number of carbonyl (C=O) groups excluding carboxylic acids is 1. The second-order valence-corrected chi connectivity index (χ2v) is 11.1. The first-order valence-corrected chi connectivity index (χ1v) is 12.9. The van der Waals surface area contributed by atoms with E-state index in [0.717, 1.165) is 23.1 Å². The number of nitrogens with zero attached hydrogens (tertiary/aromatic N) is 4. The zero-order valence-electron chi connectivity index (χ0n) is 19.9. The normalized spacial score (nSPS) is 20.1. The van der Waals surface area contributed by atoms with Crippen molar-refractivity contribution in [3.8, 4) is 5.88 Å². The Balaban J connectivity index is 1.15. The summed E-state index contributed by atoms with van der Waals surface area (Å²) in [5, 5.41) is 3.68. The van der Waals surface area contributed by atoms with Gasteiger partial charge in [0.15, 0.2) is 11.5 Å². The lowest BCUT2D eigenvalue weighted by molar-refractivity contribution is 0.103. The quantitative estimate of drug-likeness (QED) is 0.418. The standard InChI is InChI=1S/C26H28FN5O2S/c1-16-14-32-15-18(12-20(27)23(32)28-16)29-24(33)21-11-17-3-4-22(30-25(17)35-21)34-19-5-6-26(13-19)7-9-31(2)10-8-26/h3-4,11-12,14-15,19H,5-10,13H2,1-2H3,(H,29,33). The largest absolute Gasteiger partial charge is 0.474 e. The molecule has 7 nitrogen and oxygen atoms in total. The number of piperidine rings is 1. The first-order valence-electron chi connectivity index (χ1n) is 12.1. The van der Waals surface area contributed by atoms with Gasteiger partial charge in [0, 0.05) is 29.9 Å². The lowest BCUT2D eigenvalue weighted by Crippen LogP contribution is -2.37. The van der Waals surface area contributed by atoms with Crippen molar-refractivity contribution in [2.24, 2.45) is 5.41 Å². The predicted molar refractivity (Wildman–Crippen MR) is 135 cm³/mol. The van der Waals surface area contributed by atoms with Gasteiger partial charge in [-0.05, 0) is 76.7 Å². The lowest BCUT2D eigenvalue weighted by Gasteiger charge is -2.37. The molecule has 182 valence electrons. The van der Waals surface area contributed by atoms with E-state index in [1.807, 2.05) is 18.2 Å². The summed E-state index contributed by atoms with van der Waals surface area (Å²) in [6, 6.07) is 6.94. The van der Waals surface area contributed by atoms with Crippen LogP contribution in [0.5, 0.6) is 5.88 Å². The molecule has 1 amide bonds. The Morgan fingerprint density at radius 2 is 2.03 bits per heavy atom. The molecular weight excluding hydrogens is 465 g/mol. The molecular formula is C26H28FN5O2S. The van der Waals surface area contributed by atoms with Gasteiger partial charge in [0.2, 0.25) is 5.88 Å². The predicted octanol–water partition coefficient (Wildman–Crippen LogP) is 5.29. The van der Waals surface area contributed by atoms with Crippen LogP contribution < -0.4 is 10.1 Å². The number of amides is 1. The van der Waals surface area contributed by atoms with E-state index in [0.29, 0.717) is 27.6 Å². The van der Waals surface area contributed by atoms with Gasteiger partial charge >= 0.3 is 0 Å². The molecule has 0 aromatic carbocycles. The van der Waals surface area contributed by atoms with Crippen LogP contribution in [0.2, 0.25) is 0 Å². The summed E-state index contributed by atoms with van der Waals surface area (Å²) in [5.41, 5.74) is 1.74. The van der Waals surface area contributed by atoms with Gasteiger partial charge in [-0.1, -0.05) is 0 Å². The Morgan fingerprint density at radius 1 is 1.20 bits per heavy atom. The van der Waals surface area contributed by atoms with Crippen LogP contribution in [-0.4, -0.2) is 51.4 Å². The van der Waals surface area contributed by atoms with Crippen molar-refractivity contribution in [1.82, 2.24) is 19.3 Å². The molecule has 1 N–H and O–H groups in total. The number of carbonyl (C=O) groups is 1. The zero-order chi connectivity index (χ0) is 24.2. The molecule has 1 aliphatic heterocycles. The maximum absolute atomic E-state index is 14.4. The fourth-order valence-electron chi connectivity index (χ4n) is 5.49. The number of hydrogen-bond donors (Lipinski definition) is 1. The van der Waals surface area contributed by atoms with Crippen LogP contribution in [0.4, 0.5) is 10.1 Å². The zero-order valence-corrected chi connectivity index (χ0v) is 20.7. The number of pyridine rings is 2. The van der Waals surface area contributed by atoms with Crippen molar-refractivity contribution in [2.75, 3.05) is 25.5 Å². The monoisotopic (exact) mass is 493 g/mol. The van der Waals surface area contributed by atoms with Crippen molar-refractivity contribution < 1.29 is 13.9 Å². The van der Waals surface area contributed by atoms with Crippen molar-refractivity contribution >= 4 is 38.8 Å². The van der Waals surface area contributed by atoms with E-state index < -0.39 is 5.82 Å². The molecule has 2 aliphatic rings. The van der Waals surface area contributed by atoms with Crippen molar-refractivity contribution in [3.05, 3.63) is 53.0 Å². The summed E-state index contributed by atoms with van der Waals surface area (Å²) < 4.78 is 22.2. The van der Waals surface area contributed by atoms with Crippen LogP contribution in [0.3, 0.4) is 0 Å². The Morgan fingerprint density at radius 3 is 2.86 bits per heavy atom. The number of rotatable bonds is 4. The average molecular weight is 494 g/mol. The molecule has 4 aromatic rings. The Hall–Kier alpha value is -3.04. The lowest BCUT2D eigenvalue weighted by atomic mass is 9.77. The SMILES string of the molecule is Cc1cn2cc(NC(=O)c3cc4ccc(OC5CCC6(CCN(C)CC6)C5)nc4s3)cc(F)c2n1. The molecule has 1 saturated heterocycles. The Kier molecular flexibility index (Phi) is 5.49. The minimum atomic E-state index is -0.482. The smallest absolute Gasteiger partial charge is 0.265 e. The van der Waals surface area contributed by atoms with Gasteiger partial charge in [-0.25, -0.2) is 14.4 Å². The van der Waals surface area contributed by atoms with E-state index in [9.17, 15) is 9.18 Å².